The van der Waals surface area contributed by atoms with Crippen LogP contribution < -0.4 is 10.1 Å². The Labute approximate surface area is 107 Å². The molecule has 0 aliphatic rings. The van der Waals surface area contributed by atoms with Gasteiger partial charge in [-0.2, -0.15) is 0 Å². The van der Waals surface area contributed by atoms with E-state index in [2.05, 4.69) is 10.3 Å². The van der Waals surface area contributed by atoms with E-state index in [1.807, 2.05) is 39.1 Å². The number of rotatable bonds is 4. The molecule has 1 N–H and O–H groups in total. The second kappa shape index (κ2) is 5.23. The van der Waals surface area contributed by atoms with Gasteiger partial charge in [0, 0.05) is 17.3 Å². The molecular formula is C14H18N2O2. The van der Waals surface area contributed by atoms with Gasteiger partial charge in [0.1, 0.15) is 11.5 Å². The minimum absolute atomic E-state index is 0.0195. The first-order valence-corrected chi connectivity index (χ1v) is 5.90. The number of nitrogens with one attached hydrogen (secondary N) is 1. The molecule has 4 nitrogen and oxygen atoms in total. The van der Waals surface area contributed by atoms with Crippen molar-refractivity contribution in [2.24, 2.45) is 0 Å². The van der Waals surface area contributed by atoms with Crippen LogP contribution in [0.15, 0.2) is 28.8 Å². The summed E-state index contributed by atoms with van der Waals surface area (Å²) in [6.45, 7) is 3.92. The molecule has 0 fully saturated rings. The topological polar surface area (TPSA) is 47.3 Å². The molecule has 2 aromatic heterocycles. The predicted molar refractivity (Wildman–Crippen MR) is 69.9 cm³/mol. The van der Waals surface area contributed by atoms with Gasteiger partial charge in [0.25, 0.3) is 0 Å². The van der Waals surface area contributed by atoms with Crippen molar-refractivity contribution >= 4 is 0 Å². The number of aryl methyl sites for hydroxylation is 2. The SMILES string of the molecule is CNC(c1cccnc1OC)c1cc(C)oc1C. The summed E-state index contributed by atoms with van der Waals surface area (Å²) in [5, 5.41) is 3.28. The van der Waals surface area contributed by atoms with Crippen molar-refractivity contribution in [2.45, 2.75) is 19.9 Å². The summed E-state index contributed by atoms with van der Waals surface area (Å²) < 4.78 is 10.9. The molecule has 0 amide bonds. The maximum atomic E-state index is 5.59. The predicted octanol–water partition coefficient (Wildman–Crippen LogP) is 2.61. The van der Waals surface area contributed by atoms with E-state index in [1.54, 1.807) is 13.3 Å². The Kier molecular flexibility index (Phi) is 3.67. The van der Waals surface area contributed by atoms with E-state index in [1.165, 1.54) is 0 Å². The minimum atomic E-state index is 0.0195. The summed E-state index contributed by atoms with van der Waals surface area (Å²) >= 11 is 0. The lowest BCUT2D eigenvalue weighted by molar-refractivity contribution is 0.388. The van der Waals surface area contributed by atoms with Crippen LogP contribution in [-0.2, 0) is 0 Å². The Morgan fingerprint density at radius 1 is 1.33 bits per heavy atom. The summed E-state index contributed by atoms with van der Waals surface area (Å²) in [5.74, 6) is 2.46. The first kappa shape index (κ1) is 12.6. The van der Waals surface area contributed by atoms with Gasteiger partial charge >= 0.3 is 0 Å². The molecule has 0 saturated carbocycles. The molecule has 0 aliphatic heterocycles. The van der Waals surface area contributed by atoms with Gasteiger partial charge in [-0.3, -0.25) is 0 Å². The smallest absolute Gasteiger partial charge is 0.218 e. The highest BCUT2D eigenvalue weighted by Gasteiger charge is 2.21. The van der Waals surface area contributed by atoms with Crippen molar-refractivity contribution in [2.75, 3.05) is 14.2 Å². The van der Waals surface area contributed by atoms with Gasteiger partial charge in [0.15, 0.2) is 0 Å². The Morgan fingerprint density at radius 3 is 2.67 bits per heavy atom. The quantitative estimate of drug-likeness (QED) is 0.900. The molecule has 0 spiro atoms. The molecular weight excluding hydrogens is 228 g/mol. The van der Waals surface area contributed by atoms with E-state index in [4.69, 9.17) is 9.15 Å². The summed E-state index contributed by atoms with van der Waals surface area (Å²) in [5.41, 5.74) is 2.12. The molecule has 4 heteroatoms. The molecule has 2 rings (SSSR count). The fourth-order valence-corrected chi connectivity index (χ4v) is 2.21. The Balaban J connectivity index is 2.48. The number of furan rings is 1. The van der Waals surface area contributed by atoms with Crippen LogP contribution in [0.2, 0.25) is 0 Å². The van der Waals surface area contributed by atoms with Gasteiger partial charge in [0.05, 0.1) is 13.2 Å². The van der Waals surface area contributed by atoms with E-state index in [-0.39, 0.29) is 6.04 Å². The number of nitrogens with zero attached hydrogens (tertiary/aromatic N) is 1. The molecule has 0 saturated heterocycles. The summed E-state index contributed by atoms with van der Waals surface area (Å²) in [6, 6.07) is 5.98. The van der Waals surface area contributed by atoms with Crippen LogP contribution in [0, 0.1) is 13.8 Å². The first-order chi connectivity index (χ1) is 8.67. The Bertz CT molecular complexity index is 534. The number of ether oxygens (including phenoxy) is 1. The van der Waals surface area contributed by atoms with Crippen molar-refractivity contribution in [1.29, 1.82) is 0 Å². The zero-order chi connectivity index (χ0) is 13.1. The Hall–Kier alpha value is -1.81. The number of methoxy groups -OCH3 is 1. The second-order valence-electron chi connectivity index (χ2n) is 4.19. The zero-order valence-electron chi connectivity index (χ0n) is 11.2. The van der Waals surface area contributed by atoms with Crippen molar-refractivity contribution in [3.05, 3.63) is 47.0 Å². The standard InChI is InChI=1S/C14H18N2O2/c1-9-8-12(10(2)18-9)13(15-3)11-6-5-7-16-14(11)17-4/h5-8,13,15H,1-4H3. The van der Waals surface area contributed by atoms with Crippen LogP contribution in [0.5, 0.6) is 5.88 Å². The third-order valence-corrected chi connectivity index (χ3v) is 2.98. The van der Waals surface area contributed by atoms with Gasteiger partial charge in [-0.15, -0.1) is 0 Å². The largest absolute Gasteiger partial charge is 0.481 e. The molecule has 18 heavy (non-hydrogen) atoms. The maximum absolute atomic E-state index is 5.59. The average Bonchev–Trinajstić information content (AvgIpc) is 2.70. The lowest BCUT2D eigenvalue weighted by atomic mass is 10.00. The highest BCUT2D eigenvalue weighted by molar-refractivity contribution is 5.39. The van der Waals surface area contributed by atoms with Crippen LogP contribution in [0.4, 0.5) is 0 Å². The highest BCUT2D eigenvalue weighted by atomic mass is 16.5. The van der Waals surface area contributed by atoms with Crippen LogP contribution in [0.3, 0.4) is 0 Å². The fraction of sp³-hybridized carbons (Fsp3) is 0.357. The van der Waals surface area contributed by atoms with E-state index >= 15 is 0 Å². The lowest BCUT2D eigenvalue weighted by Gasteiger charge is -2.17. The molecule has 96 valence electrons. The molecule has 0 bridgehead atoms. The molecule has 1 atom stereocenters. The molecule has 0 aliphatic carbocycles. The van der Waals surface area contributed by atoms with Gasteiger partial charge in [0.2, 0.25) is 5.88 Å². The minimum Gasteiger partial charge on any atom is -0.481 e. The number of hydrogen-bond donors (Lipinski definition) is 1. The summed E-state index contributed by atoms with van der Waals surface area (Å²) in [7, 11) is 3.55. The first-order valence-electron chi connectivity index (χ1n) is 5.90. The van der Waals surface area contributed by atoms with Crippen LogP contribution in [0.25, 0.3) is 0 Å². The second-order valence-corrected chi connectivity index (χ2v) is 4.19. The van der Waals surface area contributed by atoms with Gasteiger partial charge in [-0.05, 0) is 33.0 Å². The summed E-state index contributed by atoms with van der Waals surface area (Å²) in [4.78, 5) is 4.24. The van der Waals surface area contributed by atoms with Crippen molar-refractivity contribution in [3.8, 4) is 5.88 Å². The number of hydrogen-bond acceptors (Lipinski definition) is 4. The Morgan fingerprint density at radius 2 is 2.11 bits per heavy atom. The molecule has 2 heterocycles. The molecule has 2 aromatic rings. The van der Waals surface area contributed by atoms with E-state index < -0.39 is 0 Å². The van der Waals surface area contributed by atoms with E-state index in [0.717, 1.165) is 22.6 Å². The lowest BCUT2D eigenvalue weighted by Crippen LogP contribution is -2.19. The van der Waals surface area contributed by atoms with Gasteiger partial charge in [-0.25, -0.2) is 4.98 Å². The average molecular weight is 246 g/mol. The molecule has 0 radical (unpaired) electrons. The third-order valence-electron chi connectivity index (χ3n) is 2.98. The van der Waals surface area contributed by atoms with E-state index in [9.17, 15) is 0 Å². The summed E-state index contributed by atoms with van der Waals surface area (Å²) in [6.07, 6.45) is 1.72. The van der Waals surface area contributed by atoms with E-state index in [0.29, 0.717) is 5.88 Å². The van der Waals surface area contributed by atoms with Crippen LogP contribution in [-0.4, -0.2) is 19.1 Å². The monoisotopic (exact) mass is 246 g/mol. The van der Waals surface area contributed by atoms with Crippen LogP contribution >= 0.6 is 0 Å². The maximum Gasteiger partial charge on any atom is 0.218 e. The molecule has 1 unspecified atom stereocenters. The van der Waals surface area contributed by atoms with Crippen molar-refractivity contribution < 1.29 is 9.15 Å². The van der Waals surface area contributed by atoms with Crippen LogP contribution in [0.1, 0.15) is 28.7 Å². The normalized spacial score (nSPS) is 12.4. The van der Waals surface area contributed by atoms with Gasteiger partial charge in [-0.1, -0.05) is 6.07 Å². The van der Waals surface area contributed by atoms with Crippen molar-refractivity contribution in [1.82, 2.24) is 10.3 Å². The third kappa shape index (κ3) is 2.24. The van der Waals surface area contributed by atoms with Crippen molar-refractivity contribution in [3.63, 3.8) is 0 Å². The highest BCUT2D eigenvalue weighted by Crippen LogP contribution is 2.31. The molecule has 0 aromatic carbocycles. The fourth-order valence-electron chi connectivity index (χ4n) is 2.21. The number of pyridine rings is 1. The van der Waals surface area contributed by atoms with Gasteiger partial charge < -0.3 is 14.5 Å². The number of aromatic nitrogens is 1. The zero-order valence-corrected chi connectivity index (χ0v) is 11.2.